The Hall–Kier alpha value is -2.72. The van der Waals surface area contributed by atoms with Crippen LogP contribution in [0.4, 0.5) is 5.69 Å². The number of aryl methyl sites for hydroxylation is 2. The van der Waals surface area contributed by atoms with Crippen LogP contribution in [0.2, 0.25) is 0 Å². The molecule has 0 bridgehead atoms. The molecule has 9 nitrogen and oxygen atoms in total. The van der Waals surface area contributed by atoms with Gasteiger partial charge in [-0.1, -0.05) is 11.2 Å². The molecule has 0 aliphatic heterocycles. The van der Waals surface area contributed by atoms with Crippen molar-refractivity contribution in [2.45, 2.75) is 38.2 Å². The van der Waals surface area contributed by atoms with Gasteiger partial charge in [0, 0.05) is 25.3 Å². The van der Waals surface area contributed by atoms with Crippen LogP contribution in [-0.2, 0) is 30.8 Å². The molecular weight excluding hydrogens is 386 g/mol. The number of anilines is 1. The molecule has 1 aromatic carbocycles. The SMILES string of the molecule is Cc1noc(C)c1CC(=O)O[C@H](C)C(=O)Nc1cccc(S(=O)(=O)N(C)C)c1. The van der Waals surface area contributed by atoms with Crippen LogP contribution in [0.15, 0.2) is 33.7 Å². The molecule has 1 aromatic heterocycles. The monoisotopic (exact) mass is 409 g/mol. The number of sulfonamides is 1. The van der Waals surface area contributed by atoms with Gasteiger partial charge in [0.2, 0.25) is 10.0 Å². The van der Waals surface area contributed by atoms with Crippen LogP contribution in [0.5, 0.6) is 0 Å². The lowest BCUT2D eigenvalue weighted by Gasteiger charge is -2.15. The Morgan fingerprint density at radius 1 is 1.29 bits per heavy atom. The van der Waals surface area contributed by atoms with Gasteiger partial charge in [0.05, 0.1) is 17.0 Å². The lowest BCUT2D eigenvalue weighted by Crippen LogP contribution is -2.30. The second kappa shape index (κ2) is 8.53. The van der Waals surface area contributed by atoms with Crippen molar-refractivity contribution in [1.82, 2.24) is 9.46 Å². The fourth-order valence-electron chi connectivity index (χ4n) is 2.38. The van der Waals surface area contributed by atoms with Gasteiger partial charge in [0.1, 0.15) is 5.76 Å². The average molecular weight is 409 g/mol. The number of aromatic nitrogens is 1. The van der Waals surface area contributed by atoms with E-state index in [0.29, 0.717) is 17.0 Å². The Morgan fingerprint density at radius 3 is 2.54 bits per heavy atom. The van der Waals surface area contributed by atoms with Crippen molar-refractivity contribution in [3.05, 3.63) is 41.3 Å². The van der Waals surface area contributed by atoms with Crippen LogP contribution in [0, 0.1) is 13.8 Å². The van der Waals surface area contributed by atoms with Crippen molar-refractivity contribution in [2.24, 2.45) is 0 Å². The molecule has 0 saturated heterocycles. The number of carbonyl (C=O) groups excluding carboxylic acids is 2. The number of amides is 1. The summed E-state index contributed by atoms with van der Waals surface area (Å²) >= 11 is 0. The van der Waals surface area contributed by atoms with Gasteiger partial charge < -0.3 is 14.6 Å². The van der Waals surface area contributed by atoms with Crippen LogP contribution in [0.25, 0.3) is 0 Å². The molecule has 10 heteroatoms. The summed E-state index contributed by atoms with van der Waals surface area (Å²) in [4.78, 5) is 24.4. The highest BCUT2D eigenvalue weighted by Gasteiger charge is 2.22. The highest BCUT2D eigenvalue weighted by atomic mass is 32.2. The van der Waals surface area contributed by atoms with Crippen LogP contribution >= 0.6 is 0 Å². The fraction of sp³-hybridized carbons (Fsp3) is 0.389. The summed E-state index contributed by atoms with van der Waals surface area (Å²) in [5.74, 6) is -0.655. The topological polar surface area (TPSA) is 119 Å². The maximum absolute atomic E-state index is 12.3. The summed E-state index contributed by atoms with van der Waals surface area (Å²) < 4.78 is 35.6. The quantitative estimate of drug-likeness (QED) is 0.691. The molecule has 0 radical (unpaired) electrons. The number of esters is 1. The Kier molecular flexibility index (Phi) is 6.57. The number of rotatable bonds is 7. The van der Waals surface area contributed by atoms with E-state index in [2.05, 4.69) is 10.5 Å². The highest BCUT2D eigenvalue weighted by molar-refractivity contribution is 7.89. The zero-order chi connectivity index (χ0) is 21.1. The number of nitrogens with zero attached hydrogens (tertiary/aromatic N) is 2. The third-order valence-electron chi connectivity index (χ3n) is 4.06. The van der Waals surface area contributed by atoms with Crippen LogP contribution in [0.1, 0.15) is 23.9 Å². The van der Waals surface area contributed by atoms with Gasteiger partial charge in [0.25, 0.3) is 5.91 Å². The molecule has 1 N–H and O–H groups in total. The van der Waals surface area contributed by atoms with E-state index in [1.54, 1.807) is 19.9 Å². The van der Waals surface area contributed by atoms with E-state index in [9.17, 15) is 18.0 Å². The minimum Gasteiger partial charge on any atom is -0.452 e. The molecule has 152 valence electrons. The fourth-order valence-corrected chi connectivity index (χ4v) is 3.33. The Morgan fingerprint density at radius 2 is 1.96 bits per heavy atom. The molecule has 1 heterocycles. The molecular formula is C18H23N3O6S. The molecule has 0 spiro atoms. The zero-order valence-corrected chi connectivity index (χ0v) is 17.2. The van der Waals surface area contributed by atoms with E-state index in [1.165, 1.54) is 39.2 Å². The Balaban J connectivity index is 2.02. The summed E-state index contributed by atoms with van der Waals surface area (Å²) in [6.07, 6.45) is -1.13. The maximum Gasteiger partial charge on any atom is 0.311 e. The van der Waals surface area contributed by atoms with Crippen molar-refractivity contribution < 1.29 is 27.3 Å². The Bertz CT molecular complexity index is 961. The molecule has 0 fully saturated rings. The smallest absolute Gasteiger partial charge is 0.311 e. The van der Waals surface area contributed by atoms with Gasteiger partial charge in [-0.3, -0.25) is 9.59 Å². The Labute approximate surface area is 163 Å². The summed E-state index contributed by atoms with van der Waals surface area (Å²) in [7, 11) is -0.794. The predicted octanol–water partition coefficient (Wildman–Crippen LogP) is 1.65. The van der Waals surface area contributed by atoms with Gasteiger partial charge in [0.15, 0.2) is 6.10 Å². The van der Waals surface area contributed by atoms with Crippen molar-refractivity contribution in [3.8, 4) is 0 Å². The third-order valence-corrected chi connectivity index (χ3v) is 5.87. The minimum absolute atomic E-state index is 0.0401. The van der Waals surface area contributed by atoms with Crippen molar-refractivity contribution in [3.63, 3.8) is 0 Å². The van der Waals surface area contributed by atoms with E-state index in [4.69, 9.17) is 9.26 Å². The first-order chi connectivity index (χ1) is 13.0. The molecule has 0 aliphatic carbocycles. The maximum atomic E-state index is 12.3. The van der Waals surface area contributed by atoms with Crippen molar-refractivity contribution in [1.29, 1.82) is 0 Å². The third kappa shape index (κ3) is 4.96. The summed E-state index contributed by atoms with van der Waals surface area (Å²) in [6.45, 7) is 4.83. The molecule has 1 amide bonds. The van der Waals surface area contributed by atoms with Crippen LogP contribution in [0.3, 0.4) is 0 Å². The van der Waals surface area contributed by atoms with E-state index in [1.807, 2.05) is 0 Å². The number of benzene rings is 1. The number of ether oxygens (including phenoxy) is 1. The lowest BCUT2D eigenvalue weighted by atomic mass is 10.1. The molecule has 0 saturated carbocycles. The van der Waals surface area contributed by atoms with E-state index >= 15 is 0 Å². The number of hydrogen-bond donors (Lipinski definition) is 1. The normalized spacial score (nSPS) is 12.6. The van der Waals surface area contributed by atoms with Crippen molar-refractivity contribution in [2.75, 3.05) is 19.4 Å². The van der Waals surface area contributed by atoms with Gasteiger partial charge in [-0.15, -0.1) is 0 Å². The predicted molar refractivity (Wildman–Crippen MR) is 101 cm³/mol. The highest BCUT2D eigenvalue weighted by Crippen LogP contribution is 2.18. The molecule has 0 unspecified atom stereocenters. The molecule has 2 rings (SSSR count). The summed E-state index contributed by atoms with van der Waals surface area (Å²) in [5.41, 5.74) is 1.49. The standard InChI is InChI=1S/C18H23N3O6S/c1-11-16(12(2)27-20-11)10-17(22)26-13(3)18(23)19-14-7-6-8-15(9-14)28(24,25)21(4)5/h6-9,13H,10H2,1-5H3,(H,19,23)/t13-/m1/s1. The van der Waals surface area contributed by atoms with E-state index in [-0.39, 0.29) is 17.0 Å². The average Bonchev–Trinajstić information content (AvgIpc) is 2.93. The van der Waals surface area contributed by atoms with Crippen molar-refractivity contribution >= 4 is 27.6 Å². The lowest BCUT2D eigenvalue weighted by molar-refractivity contribution is -0.152. The van der Waals surface area contributed by atoms with Gasteiger partial charge in [-0.25, -0.2) is 12.7 Å². The van der Waals surface area contributed by atoms with Gasteiger partial charge in [-0.05, 0) is 39.0 Å². The van der Waals surface area contributed by atoms with Gasteiger partial charge in [-0.2, -0.15) is 0 Å². The molecule has 2 aromatic rings. The summed E-state index contributed by atoms with van der Waals surface area (Å²) in [5, 5.41) is 6.32. The largest absolute Gasteiger partial charge is 0.452 e. The number of carbonyl (C=O) groups is 2. The number of nitrogens with one attached hydrogen (secondary N) is 1. The summed E-state index contributed by atoms with van der Waals surface area (Å²) in [6, 6.07) is 5.83. The first kappa shape index (κ1) is 21.6. The van der Waals surface area contributed by atoms with Crippen LogP contribution < -0.4 is 5.32 Å². The van der Waals surface area contributed by atoms with Crippen LogP contribution in [-0.4, -0.2) is 50.0 Å². The zero-order valence-electron chi connectivity index (χ0n) is 16.3. The van der Waals surface area contributed by atoms with Gasteiger partial charge >= 0.3 is 5.97 Å². The second-order valence-corrected chi connectivity index (χ2v) is 8.57. The first-order valence-corrected chi connectivity index (χ1v) is 9.91. The molecule has 1 atom stereocenters. The number of hydrogen-bond acceptors (Lipinski definition) is 7. The molecule has 0 aliphatic rings. The first-order valence-electron chi connectivity index (χ1n) is 8.47. The second-order valence-electron chi connectivity index (χ2n) is 6.42. The molecule has 28 heavy (non-hydrogen) atoms. The van der Waals surface area contributed by atoms with E-state index in [0.717, 1.165) is 4.31 Å². The van der Waals surface area contributed by atoms with E-state index < -0.39 is 28.0 Å². The minimum atomic E-state index is -3.63.